The van der Waals surface area contributed by atoms with Gasteiger partial charge in [0.1, 0.15) is 5.75 Å². The van der Waals surface area contributed by atoms with Gasteiger partial charge >= 0.3 is 0 Å². The number of anilines is 1. The van der Waals surface area contributed by atoms with Gasteiger partial charge in [-0.25, -0.2) is 0 Å². The summed E-state index contributed by atoms with van der Waals surface area (Å²) in [4.78, 5) is 12.0. The number of hydrogen-bond donors (Lipinski definition) is 1. The number of rotatable bonds is 5. The lowest BCUT2D eigenvalue weighted by Gasteiger charge is -2.12. The summed E-state index contributed by atoms with van der Waals surface area (Å²) in [7, 11) is 1.49. The molecule has 2 aromatic carbocycles. The van der Waals surface area contributed by atoms with Crippen LogP contribution in [0.1, 0.15) is 0 Å². The standard InChI is InChI=1S/C15H11Cl4NO3/c1-22-13-3-2-8(16)6-12(13)20-14(21)7-23-15-10(18)4-9(17)5-11(15)19/h2-6H,7H2,1H3,(H,20,21). The molecule has 0 spiro atoms. The Morgan fingerprint density at radius 1 is 1.04 bits per heavy atom. The van der Waals surface area contributed by atoms with Gasteiger partial charge in [0, 0.05) is 10.0 Å². The van der Waals surface area contributed by atoms with Gasteiger partial charge in [0.25, 0.3) is 5.91 Å². The lowest BCUT2D eigenvalue weighted by atomic mass is 10.3. The van der Waals surface area contributed by atoms with E-state index in [1.165, 1.54) is 19.2 Å². The van der Waals surface area contributed by atoms with Gasteiger partial charge in [0.15, 0.2) is 12.4 Å². The zero-order valence-electron chi connectivity index (χ0n) is 11.8. The smallest absolute Gasteiger partial charge is 0.262 e. The molecule has 1 amide bonds. The highest BCUT2D eigenvalue weighted by Crippen LogP contribution is 2.35. The first-order chi connectivity index (χ1) is 10.9. The van der Waals surface area contributed by atoms with E-state index >= 15 is 0 Å². The van der Waals surface area contributed by atoms with Crippen LogP contribution in [0.25, 0.3) is 0 Å². The van der Waals surface area contributed by atoms with Crippen LogP contribution in [-0.4, -0.2) is 19.6 Å². The second-order valence-electron chi connectivity index (χ2n) is 4.38. The first-order valence-corrected chi connectivity index (χ1v) is 7.82. The van der Waals surface area contributed by atoms with Crippen molar-refractivity contribution in [2.24, 2.45) is 0 Å². The third-order valence-electron chi connectivity index (χ3n) is 2.75. The first kappa shape index (κ1) is 18.0. The van der Waals surface area contributed by atoms with E-state index in [-0.39, 0.29) is 22.4 Å². The van der Waals surface area contributed by atoms with Crippen molar-refractivity contribution in [1.82, 2.24) is 0 Å². The van der Waals surface area contributed by atoms with Crippen LogP contribution in [0.3, 0.4) is 0 Å². The maximum Gasteiger partial charge on any atom is 0.262 e. The molecule has 0 heterocycles. The zero-order chi connectivity index (χ0) is 17.0. The molecule has 0 aromatic heterocycles. The topological polar surface area (TPSA) is 47.6 Å². The lowest BCUT2D eigenvalue weighted by Crippen LogP contribution is -2.20. The summed E-state index contributed by atoms with van der Waals surface area (Å²) in [5, 5.41) is 3.91. The van der Waals surface area contributed by atoms with Crippen LogP contribution in [0.4, 0.5) is 5.69 Å². The Kier molecular flexibility index (Phi) is 6.25. The minimum atomic E-state index is -0.423. The SMILES string of the molecule is COc1ccc(Cl)cc1NC(=O)COc1c(Cl)cc(Cl)cc1Cl. The Hall–Kier alpha value is -1.33. The van der Waals surface area contributed by atoms with Crippen molar-refractivity contribution in [3.05, 3.63) is 50.4 Å². The fraction of sp³-hybridized carbons (Fsp3) is 0.133. The van der Waals surface area contributed by atoms with E-state index in [1.54, 1.807) is 18.2 Å². The largest absolute Gasteiger partial charge is 0.495 e. The highest BCUT2D eigenvalue weighted by atomic mass is 35.5. The van der Waals surface area contributed by atoms with Crippen molar-refractivity contribution in [3.8, 4) is 11.5 Å². The lowest BCUT2D eigenvalue weighted by molar-refractivity contribution is -0.118. The fourth-order valence-electron chi connectivity index (χ4n) is 1.77. The molecule has 2 aromatic rings. The van der Waals surface area contributed by atoms with Crippen molar-refractivity contribution in [2.75, 3.05) is 19.0 Å². The summed E-state index contributed by atoms with van der Waals surface area (Å²) in [5.74, 6) is 0.240. The van der Waals surface area contributed by atoms with Crippen molar-refractivity contribution in [1.29, 1.82) is 0 Å². The van der Waals surface area contributed by atoms with Crippen molar-refractivity contribution in [2.45, 2.75) is 0 Å². The predicted molar refractivity (Wildman–Crippen MR) is 93.6 cm³/mol. The monoisotopic (exact) mass is 393 g/mol. The summed E-state index contributed by atoms with van der Waals surface area (Å²) in [6.45, 7) is -0.295. The molecule has 0 bridgehead atoms. The van der Waals surface area contributed by atoms with Crippen LogP contribution in [0.2, 0.25) is 20.1 Å². The molecule has 8 heteroatoms. The second-order valence-corrected chi connectivity index (χ2v) is 6.07. The number of hydrogen-bond acceptors (Lipinski definition) is 3. The van der Waals surface area contributed by atoms with E-state index in [0.717, 1.165) is 0 Å². The van der Waals surface area contributed by atoms with E-state index in [1.807, 2.05) is 0 Å². The second kappa shape index (κ2) is 7.97. The molecule has 0 aliphatic rings. The number of halogens is 4. The van der Waals surface area contributed by atoms with Crippen LogP contribution in [0.5, 0.6) is 11.5 Å². The number of benzene rings is 2. The number of amides is 1. The molecule has 0 saturated carbocycles. The maximum absolute atomic E-state index is 12.0. The van der Waals surface area contributed by atoms with Gasteiger partial charge in [-0.05, 0) is 30.3 Å². The molecule has 2 rings (SSSR count). The minimum absolute atomic E-state index is 0.186. The van der Waals surface area contributed by atoms with Gasteiger partial charge in [0.05, 0.1) is 22.8 Å². The molecule has 0 aliphatic heterocycles. The quantitative estimate of drug-likeness (QED) is 0.745. The minimum Gasteiger partial charge on any atom is -0.495 e. The zero-order valence-corrected chi connectivity index (χ0v) is 14.9. The molecule has 122 valence electrons. The van der Waals surface area contributed by atoms with Gasteiger partial charge in [-0.3, -0.25) is 4.79 Å². The van der Waals surface area contributed by atoms with Crippen LogP contribution in [0, 0.1) is 0 Å². The van der Waals surface area contributed by atoms with Gasteiger partial charge in [-0.15, -0.1) is 0 Å². The Balaban J connectivity index is 2.05. The number of ether oxygens (including phenoxy) is 2. The molecule has 0 saturated heterocycles. The summed E-state index contributed by atoms with van der Waals surface area (Å²) in [5.41, 5.74) is 0.432. The number of nitrogens with one attached hydrogen (secondary N) is 1. The van der Waals surface area contributed by atoms with E-state index in [0.29, 0.717) is 21.5 Å². The molecule has 1 N–H and O–H groups in total. The normalized spacial score (nSPS) is 10.3. The molecular weight excluding hydrogens is 384 g/mol. The van der Waals surface area contributed by atoms with Gasteiger partial charge in [-0.2, -0.15) is 0 Å². The van der Waals surface area contributed by atoms with Gasteiger partial charge < -0.3 is 14.8 Å². The predicted octanol–water partition coefficient (Wildman–Crippen LogP) is 5.33. The maximum atomic E-state index is 12.0. The molecule has 0 atom stereocenters. The highest BCUT2D eigenvalue weighted by Gasteiger charge is 2.13. The molecule has 4 nitrogen and oxygen atoms in total. The average molecular weight is 395 g/mol. The number of carbonyl (C=O) groups is 1. The van der Waals surface area contributed by atoms with E-state index in [9.17, 15) is 4.79 Å². The van der Waals surface area contributed by atoms with Crippen molar-refractivity contribution < 1.29 is 14.3 Å². The summed E-state index contributed by atoms with van der Waals surface area (Å²) < 4.78 is 10.5. The van der Waals surface area contributed by atoms with Crippen molar-refractivity contribution in [3.63, 3.8) is 0 Å². The summed E-state index contributed by atoms with van der Waals surface area (Å²) in [6, 6.07) is 7.82. The van der Waals surface area contributed by atoms with Crippen LogP contribution in [0.15, 0.2) is 30.3 Å². The Morgan fingerprint density at radius 2 is 1.70 bits per heavy atom. The number of carbonyl (C=O) groups excluding carboxylic acids is 1. The van der Waals surface area contributed by atoms with Crippen LogP contribution in [-0.2, 0) is 4.79 Å². The van der Waals surface area contributed by atoms with Crippen molar-refractivity contribution >= 4 is 58.0 Å². The van der Waals surface area contributed by atoms with Crippen LogP contribution >= 0.6 is 46.4 Å². The fourth-order valence-corrected chi connectivity index (χ4v) is 2.87. The summed E-state index contributed by atoms with van der Waals surface area (Å²) >= 11 is 23.7. The summed E-state index contributed by atoms with van der Waals surface area (Å²) in [6.07, 6.45) is 0. The third kappa shape index (κ3) is 4.82. The molecule has 0 fully saturated rings. The van der Waals surface area contributed by atoms with E-state index < -0.39 is 5.91 Å². The molecule has 0 unspecified atom stereocenters. The molecule has 23 heavy (non-hydrogen) atoms. The molecule has 0 radical (unpaired) electrons. The Morgan fingerprint density at radius 3 is 2.30 bits per heavy atom. The molecular formula is C15H11Cl4NO3. The Bertz CT molecular complexity index is 714. The third-order valence-corrected chi connectivity index (χ3v) is 3.76. The van der Waals surface area contributed by atoms with E-state index in [2.05, 4.69) is 5.32 Å². The number of methoxy groups -OCH3 is 1. The highest BCUT2D eigenvalue weighted by molar-refractivity contribution is 6.40. The average Bonchev–Trinajstić information content (AvgIpc) is 2.46. The molecule has 0 aliphatic carbocycles. The van der Waals surface area contributed by atoms with Gasteiger partial charge in [0.2, 0.25) is 0 Å². The first-order valence-electron chi connectivity index (χ1n) is 6.31. The van der Waals surface area contributed by atoms with Crippen LogP contribution < -0.4 is 14.8 Å². The Labute approximate surface area is 153 Å². The van der Waals surface area contributed by atoms with E-state index in [4.69, 9.17) is 55.9 Å². The van der Waals surface area contributed by atoms with Gasteiger partial charge in [-0.1, -0.05) is 46.4 Å².